The van der Waals surface area contributed by atoms with E-state index < -0.39 is 28.3 Å². The van der Waals surface area contributed by atoms with Crippen molar-refractivity contribution in [1.29, 1.82) is 0 Å². The fourth-order valence-electron chi connectivity index (χ4n) is 1.07. The Kier molecular flexibility index (Phi) is 6.79. The average Bonchev–Trinajstić information content (AvgIpc) is 2.23. The van der Waals surface area contributed by atoms with E-state index in [1.54, 1.807) is 13.2 Å². The molecule has 0 aliphatic rings. The molecule has 0 fully saturated rings. The smallest absolute Gasteiger partial charge is 0.329 e. The first-order chi connectivity index (χ1) is 7.81. The van der Waals surface area contributed by atoms with Gasteiger partial charge in [-0.15, -0.1) is 0 Å². The highest BCUT2D eigenvalue weighted by Gasteiger charge is 2.32. The van der Waals surface area contributed by atoms with E-state index >= 15 is 0 Å². The molecule has 0 aliphatic carbocycles. The fourth-order valence-corrected chi connectivity index (χ4v) is 1.62. The van der Waals surface area contributed by atoms with Gasteiger partial charge in [0, 0.05) is 29.4 Å². The van der Waals surface area contributed by atoms with Crippen LogP contribution in [0.1, 0.15) is 26.7 Å². The molecular formula is C10H20N2O4S. The lowest BCUT2D eigenvalue weighted by Gasteiger charge is -2.24. The molecule has 0 aromatic heterocycles. The van der Waals surface area contributed by atoms with Gasteiger partial charge in [0.25, 0.3) is 0 Å². The van der Waals surface area contributed by atoms with Gasteiger partial charge in [0.1, 0.15) is 5.54 Å². The molecule has 2 unspecified atom stereocenters. The molecule has 0 saturated carbocycles. The first-order valence-electron chi connectivity index (χ1n) is 5.41. The number of carbonyl (C=O) groups is 2. The van der Waals surface area contributed by atoms with Gasteiger partial charge in [0.2, 0.25) is 0 Å². The molecule has 2 atom stereocenters. The van der Waals surface area contributed by atoms with Crippen molar-refractivity contribution in [3.05, 3.63) is 0 Å². The first-order valence-corrected chi connectivity index (χ1v) is 7.14. The Morgan fingerprint density at radius 3 is 2.41 bits per heavy atom. The SMILES string of the molecule is CCC(C)(NC(=O)NCCCS(C)=O)C(=O)O. The third-order valence-electron chi connectivity index (χ3n) is 2.46. The Labute approximate surface area is 104 Å². The van der Waals surface area contributed by atoms with Crippen molar-refractivity contribution in [2.24, 2.45) is 0 Å². The lowest BCUT2D eigenvalue weighted by atomic mass is 10.00. The van der Waals surface area contributed by atoms with Gasteiger partial charge in [-0.3, -0.25) is 4.21 Å². The topological polar surface area (TPSA) is 95.5 Å². The summed E-state index contributed by atoms with van der Waals surface area (Å²) in [6.45, 7) is 3.52. The molecule has 0 saturated heterocycles. The third-order valence-corrected chi connectivity index (χ3v) is 3.33. The molecule has 0 aromatic carbocycles. The molecule has 0 aliphatic heterocycles. The van der Waals surface area contributed by atoms with Crippen LogP contribution in [-0.2, 0) is 15.6 Å². The fraction of sp³-hybridized carbons (Fsp3) is 0.800. The van der Waals surface area contributed by atoms with Crippen molar-refractivity contribution < 1.29 is 18.9 Å². The summed E-state index contributed by atoms with van der Waals surface area (Å²) in [7, 11) is -0.874. The highest BCUT2D eigenvalue weighted by atomic mass is 32.2. The van der Waals surface area contributed by atoms with Crippen LogP contribution in [0.5, 0.6) is 0 Å². The Morgan fingerprint density at radius 2 is 2.00 bits per heavy atom. The number of aliphatic carboxylic acids is 1. The number of hydrogen-bond donors (Lipinski definition) is 3. The second-order valence-corrected chi connectivity index (χ2v) is 5.56. The third kappa shape index (κ3) is 6.25. The highest BCUT2D eigenvalue weighted by molar-refractivity contribution is 7.84. The zero-order chi connectivity index (χ0) is 13.5. The van der Waals surface area contributed by atoms with Gasteiger partial charge in [-0.05, 0) is 19.8 Å². The number of hydrogen-bond acceptors (Lipinski definition) is 3. The summed E-state index contributed by atoms with van der Waals surface area (Å²) in [6, 6.07) is -0.515. The predicted molar refractivity (Wildman–Crippen MR) is 66.4 cm³/mol. The van der Waals surface area contributed by atoms with Crippen LogP contribution in [0.25, 0.3) is 0 Å². The van der Waals surface area contributed by atoms with Crippen molar-refractivity contribution >= 4 is 22.8 Å². The van der Waals surface area contributed by atoms with Crippen LogP contribution in [0, 0.1) is 0 Å². The molecule has 17 heavy (non-hydrogen) atoms. The Bertz CT molecular complexity index is 309. The van der Waals surface area contributed by atoms with Gasteiger partial charge in [0.05, 0.1) is 0 Å². The standard InChI is InChI=1S/C10H20N2O4S/c1-4-10(2,8(13)14)12-9(15)11-6-5-7-17(3)16/h4-7H2,1-3H3,(H,13,14)(H2,11,12,15). The number of rotatable bonds is 7. The minimum atomic E-state index is -1.25. The number of carboxylic acids is 1. The van der Waals surface area contributed by atoms with E-state index in [4.69, 9.17) is 5.11 Å². The van der Waals surface area contributed by atoms with Gasteiger partial charge in [-0.25, -0.2) is 9.59 Å². The molecule has 2 amide bonds. The zero-order valence-electron chi connectivity index (χ0n) is 10.4. The second kappa shape index (κ2) is 7.26. The summed E-state index contributed by atoms with van der Waals surface area (Å²) >= 11 is 0. The summed E-state index contributed by atoms with van der Waals surface area (Å²) in [4.78, 5) is 22.3. The lowest BCUT2D eigenvalue weighted by molar-refractivity contribution is -0.143. The summed E-state index contributed by atoms with van der Waals surface area (Å²) in [6.07, 6.45) is 2.50. The summed E-state index contributed by atoms with van der Waals surface area (Å²) in [5.41, 5.74) is -1.25. The van der Waals surface area contributed by atoms with Crippen LogP contribution in [0.3, 0.4) is 0 Å². The first kappa shape index (κ1) is 15.9. The van der Waals surface area contributed by atoms with Crippen molar-refractivity contribution in [2.75, 3.05) is 18.6 Å². The van der Waals surface area contributed by atoms with E-state index in [2.05, 4.69) is 10.6 Å². The van der Waals surface area contributed by atoms with E-state index in [9.17, 15) is 13.8 Å². The Balaban J connectivity index is 4.00. The Hall–Kier alpha value is -1.11. The minimum Gasteiger partial charge on any atom is -0.480 e. The van der Waals surface area contributed by atoms with Crippen LogP contribution >= 0.6 is 0 Å². The lowest BCUT2D eigenvalue weighted by Crippen LogP contribution is -2.54. The normalized spacial score (nSPS) is 15.7. The molecule has 100 valence electrons. The maximum atomic E-state index is 11.4. The molecule has 3 N–H and O–H groups in total. The number of urea groups is 1. The largest absolute Gasteiger partial charge is 0.480 e. The highest BCUT2D eigenvalue weighted by Crippen LogP contribution is 2.08. The van der Waals surface area contributed by atoms with Crippen molar-refractivity contribution in [3.63, 3.8) is 0 Å². The number of nitrogens with one attached hydrogen (secondary N) is 2. The van der Waals surface area contributed by atoms with Crippen LogP contribution in [-0.4, -0.2) is 45.4 Å². The number of carbonyl (C=O) groups excluding carboxylic acids is 1. The van der Waals surface area contributed by atoms with Crippen LogP contribution in [0.2, 0.25) is 0 Å². The van der Waals surface area contributed by atoms with Crippen LogP contribution in [0.4, 0.5) is 4.79 Å². The minimum absolute atomic E-state index is 0.300. The summed E-state index contributed by atoms with van der Waals surface area (Å²) in [5, 5.41) is 13.9. The van der Waals surface area contributed by atoms with E-state index in [0.29, 0.717) is 25.1 Å². The predicted octanol–water partition coefficient (Wildman–Crippen LogP) is 0.308. The van der Waals surface area contributed by atoms with Gasteiger partial charge in [-0.2, -0.15) is 0 Å². The average molecular weight is 264 g/mol. The monoisotopic (exact) mass is 264 g/mol. The number of amides is 2. The van der Waals surface area contributed by atoms with Crippen LogP contribution < -0.4 is 10.6 Å². The maximum Gasteiger partial charge on any atom is 0.329 e. The molecule has 0 heterocycles. The van der Waals surface area contributed by atoms with Crippen molar-refractivity contribution in [2.45, 2.75) is 32.2 Å². The molecular weight excluding hydrogens is 244 g/mol. The molecule has 0 bridgehead atoms. The quantitative estimate of drug-likeness (QED) is 0.577. The van der Waals surface area contributed by atoms with E-state index in [1.807, 2.05) is 0 Å². The Morgan fingerprint density at radius 1 is 1.41 bits per heavy atom. The summed E-state index contributed by atoms with van der Waals surface area (Å²) < 4.78 is 10.8. The number of carboxylic acid groups (broad SMARTS) is 1. The molecule has 7 heteroatoms. The van der Waals surface area contributed by atoms with Gasteiger partial charge >= 0.3 is 12.0 Å². The van der Waals surface area contributed by atoms with E-state index in [1.165, 1.54) is 6.92 Å². The molecule has 0 rings (SSSR count). The molecule has 6 nitrogen and oxygen atoms in total. The molecule has 0 aromatic rings. The maximum absolute atomic E-state index is 11.4. The van der Waals surface area contributed by atoms with E-state index in [0.717, 1.165) is 0 Å². The summed E-state index contributed by atoms with van der Waals surface area (Å²) in [5.74, 6) is -0.547. The van der Waals surface area contributed by atoms with Gasteiger partial charge in [-0.1, -0.05) is 6.92 Å². The van der Waals surface area contributed by atoms with Gasteiger partial charge in [0.15, 0.2) is 0 Å². The van der Waals surface area contributed by atoms with Crippen molar-refractivity contribution in [3.8, 4) is 0 Å². The second-order valence-electron chi connectivity index (χ2n) is 4.00. The van der Waals surface area contributed by atoms with Gasteiger partial charge < -0.3 is 15.7 Å². The molecule has 0 radical (unpaired) electrons. The van der Waals surface area contributed by atoms with E-state index in [-0.39, 0.29) is 0 Å². The van der Waals surface area contributed by atoms with Crippen LogP contribution in [0.15, 0.2) is 0 Å². The zero-order valence-corrected chi connectivity index (χ0v) is 11.2. The molecule has 0 spiro atoms. The van der Waals surface area contributed by atoms with Crippen molar-refractivity contribution in [1.82, 2.24) is 10.6 Å².